The normalized spacial score (nSPS) is 11.5. The molecule has 0 unspecified atom stereocenters. The number of amides is 1. The van der Waals surface area contributed by atoms with Crippen molar-refractivity contribution in [1.82, 2.24) is 5.32 Å². The van der Waals surface area contributed by atoms with E-state index in [0.29, 0.717) is 32.4 Å². The zero-order chi connectivity index (χ0) is 11.0. The molecule has 0 saturated carbocycles. The first kappa shape index (κ1) is 13.4. The summed E-state index contributed by atoms with van der Waals surface area (Å²) < 4.78 is 21.4. The molecule has 5 nitrogen and oxygen atoms in total. The highest BCUT2D eigenvalue weighted by molar-refractivity contribution is 7.90. The van der Waals surface area contributed by atoms with E-state index in [1.165, 1.54) is 6.26 Å². The molecule has 0 aliphatic carbocycles. The lowest BCUT2D eigenvalue weighted by Gasteiger charge is -2.02. The van der Waals surface area contributed by atoms with Gasteiger partial charge in [-0.1, -0.05) is 0 Å². The fraction of sp³-hybridized carbons (Fsp3) is 0.875. The van der Waals surface area contributed by atoms with Crippen LogP contribution in [0, 0.1) is 0 Å². The Kier molecular flexibility index (Phi) is 6.48. The molecule has 0 saturated heterocycles. The van der Waals surface area contributed by atoms with Gasteiger partial charge in [0.2, 0.25) is 5.91 Å². The molecule has 0 radical (unpaired) electrons. The predicted molar refractivity (Wildman–Crippen MR) is 55.6 cm³/mol. The Hall–Kier alpha value is -0.620. The molecule has 84 valence electrons. The molecule has 3 N–H and O–H groups in total. The second-order valence-electron chi connectivity index (χ2n) is 3.30. The molecule has 0 atom stereocenters. The fourth-order valence-electron chi connectivity index (χ4n) is 0.972. The summed E-state index contributed by atoms with van der Waals surface area (Å²) in [4.78, 5) is 10.3. The minimum absolute atomic E-state index is 0.204. The van der Waals surface area contributed by atoms with Crippen molar-refractivity contribution in [2.45, 2.75) is 19.3 Å². The van der Waals surface area contributed by atoms with Crippen LogP contribution in [0.4, 0.5) is 0 Å². The number of primary amides is 1. The summed E-state index contributed by atoms with van der Waals surface area (Å²) in [6.07, 6.45) is 2.91. The number of hydrogen-bond acceptors (Lipinski definition) is 4. The fourth-order valence-corrected chi connectivity index (χ4v) is 1.64. The van der Waals surface area contributed by atoms with Crippen LogP contribution >= 0.6 is 0 Å². The summed E-state index contributed by atoms with van der Waals surface area (Å²) in [5.41, 5.74) is 4.94. The molecule has 0 aromatic heterocycles. The third-order valence-corrected chi connectivity index (χ3v) is 2.68. The van der Waals surface area contributed by atoms with Crippen molar-refractivity contribution in [3.8, 4) is 0 Å². The van der Waals surface area contributed by atoms with Crippen LogP contribution in [0.2, 0.25) is 0 Å². The molecular weight excluding hydrogens is 204 g/mol. The van der Waals surface area contributed by atoms with Crippen LogP contribution in [0.5, 0.6) is 0 Å². The largest absolute Gasteiger partial charge is 0.370 e. The predicted octanol–water partition coefficient (Wildman–Crippen LogP) is -0.724. The smallest absolute Gasteiger partial charge is 0.217 e. The lowest BCUT2D eigenvalue weighted by molar-refractivity contribution is -0.118. The second kappa shape index (κ2) is 6.78. The van der Waals surface area contributed by atoms with Gasteiger partial charge in [-0.2, -0.15) is 0 Å². The SMILES string of the molecule is CS(=O)(=O)CCCNCCCC(N)=O. The zero-order valence-corrected chi connectivity index (χ0v) is 9.27. The molecule has 0 bridgehead atoms. The summed E-state index contributed by atoms with van der Waals surface area (Å²) >= 11 is 0. The van der Waals surface area contributed by atoms with Gasteiger partial charge in [0.25, 0.3) is 0 Å². The first-order valence-corrected chi connectivity index (χ1v) is 6.64. The van der Waals surface area contributed by atoms with E-state index >= 15 is 0 Å². The van der Waals surface area contributed by atoms with Gasteiger partial charge in [0.1, 0.15) is 9.84 Å². The van der Waals surface area contributed by atoms with Crippen LogP contribution in [0.1, 0.15) is 19.3 Å². The van der Waals surface area contributed by atoms with Crippen LogP contribution in [0.25, 0.3) is 0 Å². The molecule has 14 heavy (non-hydrogen) atoms. The number of sulfone groups is 1. The molecule has 0 aromatic carbocycles. The molecule has 0 spiro atoms. The van der Waals surface area contributed by atoms with E-state index in [1.807, 2.05) is 0 Å². The number of nitrogens with two attached hydrogens (primary N) is 1. The summed E-state index contributed by atoms with van der Waals surface area (Å²) in [7, 11) is -2.84. The van der Waals surface area contributed by atoms with Crippen molar-refractivity contribution in [1.29, 1.82) is 0 Å². The Balaban J connectivity index is 3.19. The lowest BCUT2D eigenvalue weighted by atomic mass is 10.3. The number of carbonyl (C=O) groups is 1. The molecule has 0 fully saturated rings. The number of rotatable bonds is 8. The summed E-state index contributed by atoms with van der Waals surface area (Å²) in [6, 6.07) is 0. The molecule has 6 heteroatoms. The van der Waals surface area contributed by atoms with Crippen molar-refractivity contribution in [2.75, 3.05) is 25.1 Å². The van der Waals surface area contributed by atoms with Gasteiger partial charge >= 0.3 is 0 Å². The van der Waals surface area contributed by atoms with Crippen LogP contribution in [0.3, 0.4) is 0 Å². The first-order valence-electron chi connectivity index (χ1n) is 4.58. The van der Waals surface area contributed by atoms with E-state index in [1.54, 1.807) is 0 Å². The minimum Gasteiger partial charge on any atom is -0.370 e. The highest BCUT2D eigenvalue weighted by atomic mass is 32.2. The Morgan fingerprint density at radius 1 is 1.29 bits per heavy atom. The van der Waals surface area contributed by atoms with Crippen LogP contribution in [0.15, 0.2) is 0 Å². The summed E-state index contributed by atoms with van der Waals surface area (Å²) in [6.45, 7) is 1.36. The molecule has 0 aliphatic rings. The van der Waals surface area contributed by atoms with Gasteiger partial charge in [0, 0.05) is 12.7 Å². The molecule has 1 amide bonds. The quantitative estimate of drug-likeness (QED) is 0.530. The van der Waals surface area contributed by atoms with Gasteiger partial charge in [0.15, 0.2) is 0 Å². The highest BCUT2D eigenvalue weighted by Crippen LogP contribution is 1.88. The Bertz CT molecular complexity index is 262. The molecular formula is C8H18N2O3S. The minimum atomic E-state index is -2.84. The third kappa shape index (κ3) is 11.4. The summed E-state index contributed by atoms with van der Waals surface area (Å²) in [5, 5.41) is 3.04. The van der Waals surface area contributed by atoms with Crippen LogP contribution in [-0.4, -0.2) is 39.4 Å². The van der Waals surface area contributed by atoms with E-state index < -0.39 is 9.84 Å². The maximum absolute atomic E-state index is 10.7. The molecule has 0 aromatic rings. The zero-order valence-electron chi connectivity index (χ0n) is 8.45. The van der Waals surface area contributed by atoms with Crippen molar-refractivity contribution in [3.63, 3.8) is 0 Å². The van der Waals surface area contributed by atoms with E-state index in [9.17, 15) is 13.2 Å². The molecule has 0 aliphatic heterocycles. The van der Waals surface area contributed by atoms with Gasteiger partial charge in [0.05, 0.1) is 5.75 Å². The Morgan fingerprint density at radius 3 is 2.36 bits per heavy atom. The van der Waals surface area contributed by atoms with Crippen molar-refractivity contribution in [3.05, 3.63) is 0 Å². The lowest BCUT2D eigenvalue weighted by Crippen LogP contribution is -2.21. The van der Waals surface area contributed by atoms with Crippen LogP contribution < -0.4 is 11.1 Å². The highest BCUT2D eigenvalue weighted by Gasteiger charge is 2.00. The summed E-state index contributed by atoms with van der Waals surface area (Å²) in [5.74, 6) is -0.0987. The van der Waals surface area contributed by atoms with Crippen molar-refractivity contribution >= 4 is 15.7 Å². The third-order valence-electron chi connectivity index (χ3n) is 1.65. The average Bonchev–Trinajstić information content (AvgIpc) is 2.00. The molecule has 0 rings (SSSR count). The topological polar surface area (TPSA) is 89.3 Å². The van der Waals surface area contributed by atoms with Gasteiger partial charge in [-0.15, -0.1) is 0 Å². The maximum Gasteiger partial charge on any atom is 0.217 e. The Morgan fingerprint density at radius 2 is 1.86 bits per heavy atom. The maximum atomic E-state index is 10.7. The number of hydrogen-bond donors (Lipinski definition) is 2. The Labute approximate surface area is 85.0 Å². The van der Waals surface area contributed by atoms with Crippen molar-refractivity contribution < 1.29 is 13.2 Å². The van der Waals surface area contributed by atoms with Gasteiger partial charge in [-0.05, 0) is 25.9 Å². The monoisotopic (exact) mass is 222 g/mol. The van der Waals surface area contributed by atoms with E-state index in [2.05, 4.69) is 5.32 Å². The van der Waals surface area contributed by atoms with E-state index in [0.717, 1.165) is 0 Å². The number of carbonyl (C=O) groups excluding carboxylic acids is 1. The molecule has 0 heterocycles. The van der Waals surface area contributed by atoms with Gasteiger partial charge in [-0.25, -0.2) is 8.42 Å². The van der Waals surface area contributed by atoms with Crippen LogP contribution in [-0.2, 0) is 14.6 Å². The average molecular weight is 222 g/mol. The second-order valence-corrected chi connectivity index (χ2v) is 5.56. The standard InChI is InChI=1S/C8H18N2O3S/c1-14(12,13)7-3-6-10-5-2-4-8(9)11/h10H,2-7H2,1H3,(H2,9,11). The van der Waals surface area contributed by atoms with Gasteiger partial charge < -0.3 is 11.1 Å². The van der Waals surface area contributed by atoms with E-state index in [-0.39, 0.29) is 11.7 Å². The van der Waals surface area contributed by atoms with Gasteiger partial charge in [-0.3, -0.25) is 4.79 Å². The van der Waals surface area contributed by atoms with Crippen molar-refractivity contribution in [2.24, 2.45) is 5.73 Å². The van der Waals surface area contributed by atoms with E-state index in [4.69, 9.17) is 5.73 Å². The number of nitrogens with one attached hydrogen (secondary N) is 1. The first-order chi connectivity index (χ1) is 6.42.